The average molecular weight is 300 g/mol. The fourth-order valence-electron chi connectivity index (χ4n) is 2.02. The minimum absolute atomic E-state index is 0.0428. The van der Waals surface area contributed by atoms with Gasteiger partial charge < -0.3 is 5.11 Å². The summed E-state index contributed by atoms with van der Waals surface area (Å²) in [6.45, 7) is 4.01. The topological polar surface area (TPSA) is 20.2 Å². The molecule has 2 rings (SSSR count). The van der Waals surface area contributed by atoms with E-state index in [1.54, 1.807) is 0 Å². The standard InChI is InChI=1S/C15H15F3OS/c1-9(2)12-7-13(20-14(12)8-19)10-3-5-11(6-4-10)15(16,17)18/h3-7,9,19H,8H2,1-2H3. The molecule has 1 nitrogen and oxygen atoms in total. The van der Waals surface area contributed by atoms with Gasteiger partial charge in [-0.1, -0.05) is 26.0 Å². The van der Waals surface area contributed by atoms with E-state index in [-0.39, 0.29) is 12.5 Å². The average Bonchev–Trinajstić information content (AvgIpc) is 2.82. The molecule has 1 N–H and O–H groups in total. The van der Waals surface area contributed by atoms with Gasteiger partial charge in [-0.2, -0.15) is 13.2 Å². The van der Waals surface area contributed by atoms with Crippen molar-refractivity contribution in [1.82, 2.24) is 0 Å². The van der Waals surface area contributed by atoms with Crippen molar-refractivity contribution in [3.63, 3.8) is 0 Å². The number of thiophene rings is 1. The van der Waals surface area contributed by atoms with Crippen molar-refractivity contribution in [2.24, 2.45) is 0 Å². The van der Waals surface area contributed by atoms with Gasteiger partial charge in [0.25, 0.3) is 0 Å². The molecule has 0 aliphatic rings. The highest BCUT2D eigenvalue weighted by Crippen LogP contribution is 2.36. The summed E-state index contributed by atoms with van der Waals surface area (Å²) in [7, 11) is 0. The zero-order valence-electron chi connectivity index (χ0n) is 11.2. The van der Waals surface area contributed by atoms with E-state index in [1.807, 2.05) is 19.9 Å². The summed E-state index contributed by atoms with van der Waals surface area (Å²) in [5, 5.41) is 9.34. The van der Waals surface area contributed by atoms with E-state index in [0.717, 1.165) is 33.0 Å². The van der Waals surface area contributed by atoms with Crippen molar-refractivity contribution in [3.05, 3.63) is 46.3 Å². The van der Waals surface area contributed by atoms with Gasteiger partial charge in [0.2, 0.25) is 0 Å². The molecule has 0 radical (unpaired) electrons. The van der Waals surface area contributed by atoms with E-state index in [2.05, 4.69) is 0 Å². The molecule has 0 fully saturated rings. The quantitative estimate of drug-likeness (QED) is 0.841. The minimum atomic E-state index is -4.31. The molecule has 0 bridgehead atoms. The molecule has 20 heavy (non-hydrogen) atoms. The first-order valence-corrected chi connectivity index (χ1v) is 7.05. The molecular formula is C15H15F3OS. The maximum absolute atomic E-state index is 12.5. The fraction of sp³-hybridized carbons (Fsp3) is 0.333. The summed E-state index contributed by atoms with van der Waals surface area (Å²) < 4.78 is 37.6. The highest BCUT2D eigenvalue weighted by atomic mass is 32.1. The van der Waals surface area contributed by atoms with Crippen LogP contribution >= 0.6 is 11.3 Å². The Morgan fingerprint density at radius 1 is 1.15 bits per heavy atom. The van der Waals surface area contributed by atoms with Crippen LogP contribution in [0.25, 0.3) is 10.4 Å². The molecule has 0 amide bonds. The number of aliphatic hydroxyl groups excluding tert-OH is 1. The summed E-state index contributed by atoms with van der Waals surface area (Å²) >= 11 is 1.42. The third kappa shape index (κ3) is 3.04. The maximum atomic E-state index is 12.5. The normalized spacial score (nSPS) is 12.2. The van der Waals surface area contributed by atoms with Crippen LogP contribution in [-0.4, -0.2) is 5.11 Å². The summed E-state index contributed by atoms with van der Waals surface area (Å²) in [5.74, 6) is 0.275. The Bertz CT molecular complexity index is 582. The lowest BCUT2D eigenvalue weighted by Gasteiger charge is -2.06. The zero-order chi connectivity index (χ0) is 14.9. The van der Waals surface area contributed by atoms with Gasteiger partial charge in [-0.15, -0.1) is 11.3 Å². The van der Waals surface area contributed by atoms with Crippen LogP contribution in [0.4, 0.5) is 13.2 Å². The van der Waals surface area contributed by atoms with Crippen LogP contribution in [-0.2, 0) is 12.8 Å². The molecule has 0 atom stereocenters. The van der Waals surface area contributed by atoms with Gasteiger partial charge >= 0.3 is 6.18 Å². The molecule has 108 valence electrons. The van der Waals surface area contributed by atoms with Crippen LogP contribution in [0.3, 0.4) is 0 Å². The first-order valence-electron chi connectivity index (χ1n) is 6.24. The van der Waals surface area contributed by atoms with Crippen LogP contribution in [0.2, 0.25) is 0 Å². The van der Waals surface area contributed by atoms with Gasteiger partial charge in [0.15, 0.2) is 0 Å². The first-order chi connectivity index (χ1) is 9.32. The Morgan fingerprint density at radius 2 is 1.75 bits per heavy atom. The Labute approximate surface area is 119 Å². The molecule has 1 heterocycles. The molecule has 0 saturated carbocycles. The highest BCUT2D eigenvalue weighted by Gasteiger charge is 2.30. The summed E-state index contributed by atoms with van der Waals surface area (Å²) in [6, 6.07) is 7.06. The number of hydrogen-bond acceptors (Lipinski definition) is 2. The lowest BCUT2D eigenvalue weighted by atomic mass is 10.0. The second-order valence-corrected chi connectivity index (χ2v) is 6.01. The zero-order valence-corrected chi connectivity index (χ0v) is 12.0. The van der Waals surface area contributed by atoms with Crippen LogP contribution in [0.5, 0.6) is 0 Å². The van der Waals surface area contributed by atoms with Crippen molar-refractivity contribution in [3.8, 4) is 10.4 Å². The molecule has 0 unspecified atom stereocenters. The van der Waals surface area contributed by atoms with Gasteiger partial charge in [-0.3, -0.25) is 0 Å². The minimum Gasteiger partial charge on any atom is -0.391 e. The smallest absolute Gasteiger partial charge is 0.391 e. The predicted molar refractivity (Wildman–Crippen MR) is 74.8 cm³/mol. The molecule has 0 aliphatic carbocycles. The predicted octanol–water partition coefficient (Wildman–Crippen LogP) is 5.05. The van der Waals surface area contributed by atoms with Crippen molar-refractivity contribution in [2.75, 3.05) is 0 Å². The molecule has 1 aromatic heterocycles. The molecular weight excluding hydrogens is 285 g/mol. The van der Waals surface area contributed by atoms with E-state index in [0.29, 0.717) is 0 Å². The molecule has 0 aliphatic heterocycles. The number of alkyl halides is 3. The van der Waals surface area contributed by atoms with E-state index in [1.165, 1.54) is 23.5 Å². The van der Waals surface area contributed by atoms with E-state index >= 15 is 0 Å². The SMILES string of the molecule is CC(C)c1cc(-c2ccc(C(F)(F)F)cc2)sc1CO. The molecule has 0 spiro atoms. The van der Waals surface area contributed by atoms with Crippen molar-refractivity contribution >= 4 is 11.3 Å². The Hall–Kier alpha value is -1.33. The Balaban J connectivity index is 2.37. The number of benzene rings is 1. The van der Waals surface area contributed by atoms with E-state index < -0.39 is 11.7 Å². The lowest BCUT2D eigenvalue weighted by Crippen LogP contribution is -2.03. The summed E-state index contributed by atoms with van der Waals surface area (Å²) in [4.78, 5) is 1.75. The maximum Gasteiger partial charge on any atom is 0.416 e. The Kier molecular flexibility index (Phi) is 4.20. The number of halogens is 3. The van der Waals surface area contributed by atoms with Crippen LogP contribution in [0.15, 0.2) is 30.3 Å². The third-order valence-corrected chi connectivity index (χ3v) is 4.29. The van der Waals surface area contributed by atoms with Crippen molar-refractivity contribution in [2.45, 2.75) is 32.5 Å². The fourth-order valence-corrected chi connectivity index (χ4v) is 3.20. The molecule has 5 heteroatoms. The number of rotatable bonds is 3. The van der Waals surface area contributed by atoms with Gasteiger partial charge in [0.05, 0.1) is 12.2 Å². The highest BCUT2D eigenvalue weighted by molar-refractivity contribution is 7.15. The molecule has 0 saturated heterocycles. The third-order valence-electron chi connectivity index (χ3n) is 3.10. The molecule has 2 aromatic rings. The van der Waals surface area contributed by atoms with Crippen molar-refractivity contribution in [1.29, 1.82) is 0 Å². The van der Waals surface area contributed by atoms with Gasteiger partial charge in [0, 0.05) is 9.75 Å². The monoisotopic (exact) mass is 300 g/mol. The van der Waals surface area contributed by atoms with Gasteiger partial charge in [-0.05, 0) is 35.2 Å². The lowest BCUT2D eigenvalue weighted by molar-refractivity contribution is -0.137. The number of hydrogen-bond donors (Lipinski definition) is 1. The molecule has 1 aromatic carbocycles. The van der Waals surface area contributed by atoms with E-state index in [4.69, 9.17) is 0 Å². The summed E-state index contributed by atoms with van der Waals surface area (Å²) in [6.07, 6.45) is -4.31. The van der Waals surface area contributed by atoms with Crippen LogP contribution in [0.1, 0.15) is 35.8 Å². The van der Waals surface area contributed by atoms with Gasteiger partial charge in [-0.25, -0.2) is 0 Å². The Morgan fingerprint density at radius 3 is 2.15 bits per heavy atom. The number of aliphatic hydroxyl groups is 1. The second-order valence-electron chi connectivity index (χ2n) is 4.88. The largest absolute Gasteiger partial charge is 0.416 e. The summed E-state index contributed by atoms with van der Waals surface area (Å²) in [5.41, 5.74) is 1.14. The van der Waals surface area contributed by atoms with Crippen LogP contribution < -0.4 is 0 Å². The van der Waals surface area contributed by atoms with Crippen LogP contribution in [0, 0.1) is 0 Å². The van der Waals surface area contributed by atoms with Crippen molar-refractivity contribution < 1.29 is 18.3 Å². The van der Waals surface area contributed by atoms with E-state index in [9.17, 15) is 18.3 Å². The first kappa shape index (κ1) is 15.1. The second kappa shape index (κ2) is 5.58. The van der Waals surface area contributed by atoms with Gasteiger partial charge in [0.1, 0.15) is 0 Å².